The molecule has 1 aliphatic rings. The van der Waals surface area contributed by atoms with Crippen LogP contribution in [0.25, 0.3) is 0 Å². The third kappa shape index (κ3) is 3.59. The Morgan fingerprint density at radius 1 is 1.40 bits per heavy atom. The second-order valence-corrected chi connectivity index (χ2v) is 4.35. The van der Waals surface area contributed by atoms with Gasteiger partial charge >= 0.3 is 0 Å². The van der Waals surface area contributed by atoms with E-state index in [1.807, 2.05) is 6.92 Å². The molecule has 0 aromatic carbocycles. The number of rotatable bonds is 5. The van der Waals surface area contributed by atoms with E-state index in [9.17, 15) is 5.11 Å². The van der Waals surface area contributed by atoms with Gasteiger partial charge in [-0.1, -0.05) is 6.08 Å². The van der Waals surface area contributed by atoms with E-state index in [1.54, 1.807) is 14.2 Å². The summed E-state index contributed by atoms with van der Waals surface area (Å²) in [6, 6.07) is 0. The number of hydrogen-bond acceptors (Lipinski definition) is 3. The smallest absolute Gasteiger partial charge is 0.159 e. The summed E-state index contributed by atoms with van der Waals surface area (Å²) in [7, 11) is 3.19. The first kappa shape index (κ1) is 12.7. The lowest BCUT2D eigenvalue weighted by atomic mass is 9.84. The molecule has 0 aromatic rings. The molecule has 0 radical (unpaired) electrons. The van der Waals surface area contributed by atoms with Gasteiger partial charge in [0.15, 0.2) is 6.29 Å². The van der Waals surface area contributed by atoms with Crippen LogP contribution in [0, 0.1) is 0 Å². The molecule has 3 heteroatoms. The molecule has 0 fully saturated rings. The first-order chi connectivity index (χ1) is 7.10. The molecule has 1 atom stereocenters. The third-order valence-corrected chi connectivity index (χ3v) is 3.07. The minimum atomic E-state index is -0.795. The van der Waals surface area contributed by atoms with Crippen molar-refractivity contribution in [1.82, 2.24) is 0 Å². The molecule has 0 aliphatic heterocycles. The summed E-state index contributed by atoms with van der Waals surface area (Å²) in [5.74, 6) is 0. The molecule has 1 N–H and O–H groups in total. The van der Waals surface area contributed by atoms with Crippen LogP contribution in [-0.4, -0.2) is 31.2 Å². The van der Waals surface area contributed by atoms with Crippen LogP contribution in [0.5, 0.6) is 0 Å². The van der Waals surface area contributed by atoms with Crippen LogP contribution in [-0.2, 0) is 9.47 Å². The maximum Gasteiger partial charge on any atom is 0.159 e. The van der Waals surface area contributed by atoms with Gasteiger partial charge in [0, 0.05) is 20.6 Å². The molecular weight excluding hydrogens is 192 g/mol. The third-order valence-electron chi connectivity index (χ3n) is 3.07. The van der Waals surface area contributed by atoms with E-state index in [1.165, 1.54) is 12.8 Å². The summed E-state index contributed by atoms with van der Waals surface area (Å²) in [6.07, 6.45) is 6.80. The maximum atomic E-state index is 10.3. The molecule has 1 unspecified atom stereocenters. The van der Waals surface area contributed by atoms with Crippen LogP contribution in [0.3, 0.4) is 0 Å². The Kier molecular flexibility index (Phi) is 4.77. The van der Waals surface area contributed by atoms with E-state index in [4.69, 9.17) is 9.47 Å². The SMILES string of the molecule is COC(CC(C)(O)C1=CCCCC1)OC. The van der Waals surface area contributed by atoms with Crippen molar-refractivity contribution in [2.24, 2.45) is 0 Å². The molecule has 3 nitrogen and oxygen atoms in total. The molecule has 0 saturated carbocycles. The molecule has 0 heterocycles. The highest BCUT2D eigenvalue weighted by molar-refractivity contribution is 5.17. The number of hydrogen-bond donors (Lipinski definition) is 1. The Hall–Kier alpha value is -0.380. The zero-order valence-corrected chi connectivity index (χ0v) is 9.95. The van der Waals surface area contributed by atoms with Crippen LogP contribution >= 0.6 is 0 Å². The summed E-state index contributed by atoms with van der Waals surface area (Å²) in [5, 5.41) is 10.3. The summed E-state index contributed by atoms with van der Waals surface area (Å²) in [5.41, 5.74) is 0.338. The van der Waals surface area contributed by atoms with E-state index >= 15 is 0 Å². The van der Waals surface area contributed by atoms with E-state index in [0.29, 0.717) is 6.42 Å². The van der Waals surface area contributed by atoms with E-state index in [2.05, 4.69) is 6.08 Å². The molecule has 0 amide bonds. The van der Waals surface area contributed by atoms with E-state index < -0.39 is 5.60 Å². The van der Waals surface area contributed by atoms with Gasteiger partial charge < -0.3 is 14.6 Å². The Morgan fingerprint density at radius 2 is 2.07 bits per heavy atom. The highest BCUT2D eigenvalue weighted by Gasteiger charge is 2.30. The monoisotopic (exact) mass is 214 g/mol. The fraction of sp³-hybridized carbons (Fsp3) is 0.833. The van der Waals surface area contributed by atoms with Crippen molar-refractivity contribution in [3.63, 3.8) is 0 Å². The fourth-order valence-electron chi connectivity index (χ4n) is 2.05. The molecule has 1 rings (SSSR count). The molecule has 0 bridgehead atoms. The van der Waals surface area contributed by atoms with Crippen LogP contribution in [0.2, 0.25) is 0 Å². The standard InChI is InChI=1S/C12H22O3/c1-12(13,9-11(14-2)15-3)10-7-5-4-6-8-10/h7,11,13H,4-6,8-9H2,1-3H3. The van der Waals surface area contributed by atoms with Gasteiger partial charge in [0.05, 0.1) is 5.60 Å². The number of methoxy groups -OCH3 is 2. The zero-order valence-electron chi connectivity index (χ0n) is 9.95. The second-order valence-electron chi connectivity index (χ2n) is 4.35. The van der Waals surface area contributed by atoms with E-state index in [0.717, 1.165) is 18.4 Å². The predicted octanol–water partition coefficient (Wildman–Crippen LogP) is 2.25. The number of allylic oxidation sites excluding steroid dienone is 1. The van der Waals surface area contributed by atoms with Crippen LogP contribution < -0.4 is 0 Å². The van der Waals surface area contributed by atoms with Gasteiger partial charge in [-0.25, -0.2) is 0 Å². The Labute approximate surface area is 92.1 Å². The number of ether oxygens (including phenoxy) is 2. The Bertz CT molecular complexity index is 217. The van der Waals surface area contributed by atoms with Crippen molar-refractivity contribution < 1.29 is 14.6 Å². The molecule has 88 valence electrons. The predicted molar refractivity (Wildman–Crippen MR) is 59.6 cm³/mol. The highest BCUT2D eigenvalue weighted by Crippen LogP contribution is 2.31. The van der Waals surface area contributed by atoms with Crippen molar-refractivity contribution in [1.29, 1.82) is 0 Å². The lowest BCUT2D eigenvalue weighted by molar-refractivity contribution is -0.133. The lowest BCUT2D eigenvalue weighted by Gasteiger charge is -2.31. The van der Waals surface area contributed by atoms with Gasteiger partial charge in [-0.2, -0.15) is 0 Å². The van der Waals surface area contributed by atoms with Crippen molar-refractivity contribution in [3.8, 4) is 0 Å². The first-order valence-corrected chi connectivity index (χ1v) is 5.57. The minimum Gasteiger partial charge on any atom is -0.386 e. The maximum absolute atomic E-state index is 10.3. The topological polar surface area (TPSA) is 38.7 Å². The first-order valence-electron chi connectivity index (χ1n) is 5.57. The van der Waals surface area contributed by atoms with Gasteiger partial charge in [0.1, 0.15) is 0 Å². The van der Waals surface area contributed by atoms with Crippen molar-refractivity contribution in [2.45, 2.75) is 50.9 Å². The lowest BCUT2D eigenvalue weighted by Crippen LogP contribution is -2.34. The van der Waals surface area contributed by atoms with Crippen LogP contribution in [0.15, 0.2) is 11.6 Å². The van der Waals surface area contributed by atoms with Gasteiger partial charge in [-0.3, -0.25) is 0 Å². The Morgan fingerprint density at radius 3 is 2.53 bits per heavy atom. The molecule has 0 aromatic heterocycles. The molecular formula is C12H22O3. The van der Waals surface area contributed by atoms with E-state index in [-0.39, 0.29) is 6.29 Å². The van der Waals surface area contributed by atoms with Crippen molar-refractivity contribution in [3.05, 3.63) is 11.6 Å². The summed E-state index contributed by atoms with van der Waals surface area (Å²) in [4.78, 5) is 0. The zero-order chi connectivity index (χ0) is 11.3. The van der Waals surface area contributed by atoms with Crippen LogP contribution in [0.1, 0.15) is 39.0 Å². The summed E-state index contributed by atoms with van der Waals surface area (Å²) in [6.45, 7) is 1.84. The van der Waals surface area contributed by atoms with Crippen molar-refractivity contribution in [2.75, 3.05) is 14.2 Å². The average Bonchev–Trinajstić information content (AvgIpc) is 2.27. The van der Waals surface area contributed by atoms with Gasteiger partial charge in [0.25, 0.3) is 0 Å². The largest absolute Gasteiger partial charge is 0.386 e. The number of aliphatic hydroxyl groups is 1. The van der Waals surface area contributed by atoms with Gasteiger partial charge in [-0.15, -0.1) is 0 Å². The fourth-order valence-corrected chi connectivity index (χ4v) is 2.05. The molecule has 15 heavy (non-hydrogen) atoms. The second kappa shape index (κ2) is 5.64. The molecule has 0 spiro atoms. The van der Waals surface area contributed by atoms with Gasteiger partial charge in [0.2, 0.25) is 0 Å². The normalized spacial score (nSPS) is 21.3. The summed E-state index contributed by atoms with van der Waals surface area (Å²) < 4.78 is 10.2. The van der Waals surface area contributed by atoms with Crippen molar-refractivity contribution >= 4 is 0 Å². The molecule has 1 aliphatic carbocycles. The average molecular weight is 214 g/mol. The highest BCUT2D eigenvalue weighted by atomic mass is 16.7. The molecule has 0 saturated heterocycles. The summed E-state index contributed by atoms with van der Waals surface area (Å²) >= 11 is 0. The van der Waals surface area contributed by atoms with Crippen LogP contribution in [0.4, 0.5) is 0 Å². The Balaban J connectivity index is 2.60. The minimum absolute atomic E-state index is 0.331. The van der Waals surface area contributed by atoms with Gasteiger partial charge in [-0.05, 0) is 38.2 Å². The quantitative estimate of drug-likeness (QED) is 0.563.